The minimum absolute atomic E-state index is 0.0158. The summed E-state index contributed by atoms with van der Waals surface area (Å²) in [6, 6.07) is 1.92. The Kier molecular flexibility index (Phi) is 3.29. The Balaban J connectivity index is 1.55. The molecule has 0 spiro atoms. The summed E-state index contributed by atoms with van der Waals surface area (Å²) >= 11 is 0. The second-order valence-electron chi connectivity index (χ2n) is 6.17. The van der Waals surface area contributed by atoms with Crippen molar-refractivity contribution in [3.63, 3.8) is 0 Å². The Hall–Kier alpha value is -2.84. The van der Waals surface area contributed by atoms with E-state index in [9.17, 15) is 4.79 Å². The molecule has 1 atom stereocenters. The van der Waals surface area contributed by atoms with Crippen molar-refractivity contribution in [3.8, 4) is 0 Å². The van der Waals surface area contributed by atoms with Crippen molar-refractivity contribution < 1.29 is 4.79 Å². The van der Waals surface area contributed by atoms with E-state index in [0.29, 0.717) is 12.3 Å². The van der Waals surface area contributed by atoms with Gasteiger partial charge in [-0.2, -0.15) is 4.98 Å². The van der Waals surface area contributed by atoms with Gasteiger partial charge in [0.25, 0.3) is 11.7 Å². The molecule has 0 aliphatic carbocycles. The van der Waals surface area contributed by atoms with Crippen molar-refractivity contribution in [3.05, 3.63) is 34.9 Å². The van der Waals surface area contributed by atoms with Gasteiger partial charge in [0.15, 0.2) is 0 Å². The van der Waals surface area contributed by atoms with Crippen LogP contribution in [0.15, 0.2) is 6.07 Å². The number of fused-ring (bicyclic) bond motifs is 2. The highest BCUT2D eigenvalue weighted by molar-refractivity contribution is 5.91. The zero-order valence-electron chi connectivity index (χ0n) is 13.8. The summed E-state index contributed by atoms with van der Waals surface area (Å²) in [5.74, 6) is 2.14. The maximum absolute atomic E-state index is 12.5. The van der Waals surface area contributed by atoms with Crippen molar-refractivity contribution in [1.82, 2.24) is 39.7 Å². The van der Waals surface area contributed by atoms with E-state index in [2.05, 4.69) is 30.6 Å². The van der Waals surface area contributed by atoms with E-state index >= 15 is 0 Å². The van der Waals surface area contributed by atoms with Crippen molar-refractivity contribution >= 4 is 11.7 Å². The van der Waals surface area contributed by atoms with E-state index in [1.54, 1.807) is 4.52 Å². The molecule has 1 amide bonds. The SMILES string of the molecule is Cc1cc(C)n2nc(C(=O)NC3CCc4nnc(C)n4C3)nc2n1. The molecule has 0 fully saturated rings. The summed E-state index contributed by atoms with van der Waals surface area (Å²) in [5, 5.41) is 15.5. The summed E-state index contributed by atoms with van der Waals surface area (Å²) in [4.78, 5) is 21.1. The molecule has 0 saturated carbocycles. The standard InChI is InChI=1S/C15H18N8O/c1-8-6-9(2)23-15(16-8)18-13(21-23)14(24)17-11-4-5-12-20-19-10(3)22(12)7-11/h6,11H,4-5,7H2,1-3H3,(H,17,24). The fraction of sp³-hybridized carbons (Fsp3) is 0.467. The normalized spacial score (nSPS) is 17.0. The van der Waals surface area contributed by atoms with Gasteiger partial charge in [0.1, 0.15) is 11.6 Å². The zero-order chi connectivity index (χ0) is 16.8. The number of nitrogens with one attached hydrogen (secondary N) is 1. The number of aromatic nitrogens is 7. The molecule has 0 saturated heterocycles. The number of carbonyl (C=O) groups is 1. The van der Waals surface area contributed by atoms with Crippen molar-refractivity contribution in [2.45, 2.75) is 46.2 Å². The van der Waals surface area contributed by atoms with Crippen molar-refractivity contribution in [1.29, 1.82) is 0 Å². The van der Waals surface area contributed by atoms with Gasteiger partial charge in [0.2, 0.25) is 5.82 Å². The number of rotatable bonds is 2. The third kappa shape index (κ3) is 2.41. The lowest BCUT2D eigenvalue weighted by molar-refractivity contribution is 0.0917. The summed E-state index contributed by atoms with van der Waals surface area (Å²) < 4.78 is 3.63. The molecule has 1 aliphatic rings. The molecule has 3 aromatic heterocycles. The predicted molar refractivity (Wildman–Crippen MR) is 84.6 cm³/mol. The maximum Gasteiger partial charge on any atom is 0.291 e. The number of amides is 1. The van der Waals surface area contributed by atoms with E-state index in [1.807, 2.05) is 31.4 Å². The molecule has 1 aliphatic heterocycles. The minimum Gasteiger partial charge on any atom is -0.345 e. The quantitative estimate of drug-likeness (QED) is 0.730. The molecular weight excluding hydrogens is 308 g/mol. The number of hydrogen-bond donors (Lipinski definition) is 1. The molecule has 3 aromatic rings. The Labute approximate surface area is 138 Å². The van der Waals surface area contributed by atoms with Crippen LogP contribution in [0, 0.1) is 20.8 Å². The molecule has 0 bridgehead atoms. The second kappa shape index (κ2) is 5.36. The fourth-order valence-electron chi connectivity index (χ4n) is 3.09. The molecule has 1 unspecified atom stereocenters. The predicted octanol–water partition coefficient (Wildman–Crippen LogP) is 0.386. The van der Waals surface area contributed by atoms with Crippen LogP contribution in [0.4, 0.5) is 0 Å². The lowest BCUT2D eigenvalue weighted by Gasteiger charge is -2.24. The Bertz CT molecular complexity index is 940. The molecule has 9 heteroatoms. The highest BCUT2D eigenvalue weighted by atomic mass is 16.2. The van der Waals surface area contributed by atoms with Gasteiger partial charge >= 0.3 is 0 Å². The van der Waals surface area contributed by atoms with Gasteiger partial charge < -0.3 is 9.88 Å². The molecule has 1 N–H and O–H groups in total. The Morgan fingerprint density at radius 1 is 1.25 bits per heavy atom. The maximum atomic E-state index is 12.5. The number of aryl methyl sites for hydroxylation is 4. The highest BCUT2D eigenvalue weighted by Gasteiger charge is 2.24. The third-order valence-corrected chi connectivity index (χ3v) is 4.29. The first-order valence-corrected chi connectivity index (χ1v) is 7.92. The largest absolute Gasteiger partial charge is 0.345 e. The summed E-state index contributed by atoms with van der Waals surface area (Å²) in [5.41, 5.74) is 1.74. The zero-order valence-corrected chi connectivity index (χ0v) is 13.8. The Morgan fingerprint density at radius 3 is 2.92 bits per heavy atom. The van der Waals surface area contributed by atoms with E-state index in [0.717, 1.165) is 35.9 Å². The van der Waals surface area contributed by atoms with Crippen molar-refractivity contribution in [2.75, 3.05) is 0 Å². The van der Waals surface area contributed by atoms with Crippen molar-refractivity contribution in [2.24, 2.45) is 0 Å². The lowest BCUT2D eigenvalue weighted by atomic mass is 10.1. The monoisotopic (exact) mass is 326 g/mol. The summed E-state index contributed by atoms with van der Waals surface area (Å²) in [6.07, 6.45) is 1.62. The third-order valence-electron chi connectivity index (χ3n) is 4.29. The minimum atomic E-state index is -0.281. The van der Waals surface area contributed by atoms with Crippen LogP contribution >= 0.6 is 0 Å². The molecule has 124 valence electrons. The van der Waals surface area contributed by atoms with Gasteiger partial charge in [-0.25, -0.2) is 9.50 Å². The molecule has 0 radical (unpaired) electrons. The van der Waals surface area contributed by atoms with E-state index < -0.39 is 0 Å². The molecule has 0 aromatic carbocycles. The first-order chi connectivity index (χ1) is 11.5. The van der Waals surface area contributed by atoms with E-state index in [-0.39, 0.29) is 17.8 Å². The van der Waals surface area contributed by atoms with Gasteiger partial charge in [-0.05, 0) is 33.3 Å². The Morgan fingerprint density at radius 2 is 2.08 bits per heavy atom. The van der Waals surface area contributed by atoms with E-state index in [4.69, 9.17) is 0 Å². The lowest BCUT2D eigenvalue weighted by Crippen LogP contribution is -2.41. The molecule has 4 heterocycles. The summed E-state index contributed by atoms with van der Waals surface area (Å²) in [7, 11) is 0. The second-order valence-corrected chi connectivity index (χ2v) is 6.17. The number of hydrogen-bond acceptors (Lipinski definition) is 6. The first-order valence-electron chi connectivity index (χ1n) is 7.92. The van der Waals surface area contributed by atoms with Gasteiger partial charge in [-0.15, -0.1) is 15.3 Å². The summed E-state index contributed by atoms with van der Waals surface area (Å²) in [6.45, 7) is 6.39. The number of nitrogens with zero attached hydrogens (tertiary/aromatic N) is 7. The van der Waals surface area contributed by atoms with Crippen LogP contribution < -0.4 is 5.32 Å². The van der Waals surface area contributed by atoms with Gasteiger partial charge in [-0.1, -0.05) is 0 Å². The highest BCUT2D eigenvalue weighted by Crippen LogP contribution is 2.15. The molecule has 4 rings (SSSR count). The molecular formula is C15H18N8O. The topological polar surface area (TPSA) is 103 Å². The van der Waals surface area contributed by atoms with Crippen LogP contribution in [0.2, 0.25) is 0 Å². The molecule has 24 heavy (non-hydrogen) atoms. The van der Waals surface area contributed by atoms with Gasteiger partial charge in [0, 0.05) is 30.4 Å². The van der Waals surface area contributed by atoms with Crippen LogP contribution in [0.3, 0.4) is 0 Å². The van der Waals surface area contributed by atoms with Crippen LogP contribution in [0.25, 0.3) is 5.78 Å². The van der Waals surface area contributed by atoms with Crippen LogP contribution in [0.5, 0.6) is 0 Å². The fourth-order valence-corrected chi connectivity index (χ4v) is 3.09. The number of carbonyl (C=O) groups excluding carboxylic acids is 1. The van der Waals surface area contributed by atoms with Crippen LogP contribution in [0.1, 0.15) is 40.1 Å². The van der Waals surface area contributed by atoms with Crippen LogP contribution in [-0.2, 0) is 13.0 Å². The van der Waals surface area contributed by atoms with Crippen LogP contribution in [-0.4, -0.2) is 46.3 Å². The van der Waals surface area contributed by atoms with E-state index in [1.165, 1.54) is 0 Å². The first kappa shape index (κ1) is 14.7. The smallest absolute Gasteiger partial charge is 0.291 e. The molecule has 9 nitrogen and oxygen atoms in total. The average molecular weight is 326 g/mol. The average Bonchev–Trinajstić information content (AvgIpc) is 3.12. The van der Waals surface area contributed by atoms with Gasteiger partial charge in [0.05, 0.1) is 0 Å². The van der Waals surface area contributed by atoms with Gasteiger partial charge in [-0.3, -0.25) is 4.79 Å².